The van der Waals surface area contributed by atoms with Crippen LogP contribution in [0.4, 0.5) is 0 Å². The number of ether oxygens (including phenoxy) is 2. The molecule has 0 bridgehead atoms. The lowest BCUT2D eigenvalue weighted by atomic mass is 10.0. The standard InChI is InChI=1S/C14H22N2O2/c1-11(2)18-12-6-5-9-16-13(12)17-10-14(15)7-3-4-8-14/h5-6,9,11H,3-4,7-8,10,15H2,1-2H3. The van der Waals surface area contributed by atoms with E-state index in [-0.39, 0.29) is 11.6 Å². The summed E-state index contributed by atoms with van der Waals surface area (Å²) in [6.45, 7) is 4.48. The third-order valence-corrected chi connectivity index (χ3v) is 3.19. The maximum absolute atomic E-state index is 6.26. The first kappa shape index (κ1) is 13.1. The maximum Gasteiger partial charge on any atom is 0.257 e. The van der Waals surface area contributed by atoms with Gasteiger partial charge in [0.05, 0.1) is 11.6 Å². The van der Waals surface area contributed by atoms with Crippen LogP contribution in [-0.2, 0) is 0 Å². The van der Waals surface area contributed by atoms with Gasteiger partial charge in [-0.05, 0) is 38.8 Å². The largest absolute Gasteiger partial charge is 0.485 e. The Bertz CT molecular complexity index is 387. The van der Waals surface area contributed by atoms with Gasteiger partial charge in [0, 0.05) is 6.20 Å². The normalized spacial score (nSPS) is 18.0. The second kappa shape index (κ2) is 5.57. The number of hydrogen-bond acceptors (Lipinski definition) is 4. The molecule has 1 aromatic rings. The zero-order chi connectivity index (χ0) is 13.0. The minimum absolute atomic E-state index is 0.106. The van der Waals surface area contributed by atoms with Crippen molar-refractivity contribution in [3.8, 4) is 11.6 Å². The lowest BCUT2D eigenvalue weighted by molar-refractivity contribution is 0.186. The van der Waals surface area contributed by atoms with Crippen LogP contribution in [0.3, 0.4) is 0 Å². The molecular weight excluding hydrogens is 228 g/mol. The molecule has 1 heterocycles. The highest BCUT2D eigenvalue weighted by Gasteiger charge is 2.30. The number of pyridine rings is 1. The molecule has 1 saturated carbocycles. The van der Waals surface area contributed by atoms with Crippen LogP contribution in [0.5, 0.6) is 11.6 Å². The third-order valence-electron chi connectivity index (χ3n) is 3.19. The van der Waals surface area contributed by atoms with Crippen LogP contribution in [-0.4, -0.2) is 23.2 Å². The zero-order valence-corrected chi connectivity index (χ0v) is 11.2. The van der Waals surface area contributed by atoms with Crippen molar-refractivity contribution >= 4 is 0 Å². The van der Waals surface area contributed by atoms with Gasteiger partial charge in [0.25, 0.3) is 5.88 Å². The van der Waals surface area contributed by atoms with E-state index in [1.807, 2.05) is 26.0 Å². The summed E-state index contributed by atoms with van der Waals surface area (Å²) in [4.78, 5) is 4.22. The second-order valence-electron chi connectivity index (χ2n) is 5.33. The summed E-state index contributed by atoms with van der Waals surface area (Å²) >= 11 is 0. The van der Waals surface area contributed by atoms with E-state index in [9.17, 15) is 0 Å². The van der Waals surface area contributed by atoms with E-state index in [4.69, 9.17) is 15.2 Å². The fraction of sp³-hybridized carbons (Fsp3) is 0.643. The summed E-state index contributed by atoms with van der Waals surface area (Å²) in [5.74, 6) is 1.23. The van der Waals surface area contributed by atoms with Crippen LogP contribution >= 0.6 is 0 Å². The SMILES string of the molecule is CC(C)Oc1cccnc1OCC1(N)CCCC1. The molecule has 1 aliphatic carbocycles. The van der Waals surface area contributed by atoms with Gasteiger partial charge in [-0.15, -0.1) is 0 Å². The summed E-state index contributed by atoms with van der Waals surface area (Å²) in [6, 6.07) is 3.72. The summed E-state index contributed by atoms with van der Waals surface area (Å²) in [5, 5.41) is 0. The molecule has 4 heteroatoms. The average molecular weight is 250 g/mol. The molecule has 0 aliphatic heterocycles. The van der Waals surface area contributed by atoms with E-state index in [2.05, 4.69) is 4.98 Å². The van der Waals surface area contributed by atoms with E-state index >= 15 is 0 Å². The topological polar surface area (TPSA) is 57.4 Å². The lowest BCUT2D eigenvalue weighted by Crippen LogP contribution is -2.42. The Kier molecular flexibility index (Phi) is 4.07. The summed E-state index contributed by atoms with van der Waals surface area (Å²) in [7, 11) is 0. The zero-order valence-electron chi connectivity index (χ0n) is 11.2. The van der Waals surface area contributed by atoms with Crippen molar-refractivity contribution in [3.63, 3.8) is 0 Å². The molecule has 1 fully saturated rings. The first-order chi connectivity index (χ1) is 8.59. The third kappa shape index (κ3) is 3.35. The highest BCUT2D eigenvalue weighted by atomic mass is 16.5. The van der Waals surface area contributed by atoms with Gasteiger partial charge in [-0.25, -0.2) is 4.98 Å². The van der Waals surface area contributed by atoms with Crippen molar-refractivity contribution in [2.45, 2.75) is 51.2 Å². The van der Waals surface area contributed by atoms with Crippen LogP contribution in [0, 0.1) is 0 Å². The summed E-state index contributed by atoms with van der Waals surface area (Å²) in [6.07, 6.45) is 6.25. The van der Waals surface area contributed by atoms with Crippen LogP contribution in [0.25, 0.3) is 0 Å². The van der Waals surface area contributed by atoms with Gasteiger partial charge < -0.3 is 15.2 Å². The Morgan fingerprint density at radius 1 is 1.39 bits per heavy atom. The van der Waals surface area contributed by atoms with Gasteiger partial charge in [0.1, 0.15) is 6.61 Å². The summed E-state index contributed by atoms with van der Waals surface area (Å²) < 4.78 is 11.4. The Labute approximate surface area is 108 Å². The second-order valence-corrected chi connectivity index (χ2v) is 5.33. The minimum atomic E-state index is -0.188. The molecule has 18 heavy (non-hydrogen) atoms. The first-order valence-corrected chi connectivity index (χ1v) is 6.62. The monoisotopic (exact) mass is 250 g/mol. The van der Waals surface area contributed by atoms with Crippen molar-refractivity contribution in [3.05, 3.63) is 18.3 Å². The van der Waals surface area contributed by atoms with Gasteiger partial charge in [0.15, 0.2) is 5.75 Å². The molecule has 1 aromatic heterocycles. The minimum Gasteiger partial charge on any atom is -0.485 e. The molecule has 4 nitrogen and oxygen atoms in total. The van der Waals surface area contributed by atoms with E-state index in [0.717, 1.165) is 12.8 Å². The maximum atomic E-state index is 6.26. The summed E-state index contributed by atoms with van der Waals surface area (Å²) in [5.41, 5.74) is 6.08. The molecular formula is C14H22N2O2. The molecule has 0 spiro atoms. The van der Waals surface area contributed by atoms with Gasteiger partial charge in [-0.2, -0.15) is 0 Å². The Hall–Kier alpha value is -1.29. The van der Waals surface area contributed by atoms with Crippen molar-refractivity contribution in [1.29, 1.82) is 0 Å². The van der Waals surface area contributed by atoms with E-state index in [0.29, 0.717) is 18.2 Å². The van der Waals surface area contributed by atoms with Crippen molar-refractivity contribution < 1.29 is 9.47 Å². The predicted molar refractivity (Wildman–Crippen MR) is 70.9 cm³/mol. The predicted octanol–water partition coefficient (Wildman–Crippen LogP) is 2.52. The molecule has 0 unspecified atom stereocenters. The smallest absolute Gasteiger partial charge is 0.257 e. The van der Waals surface area contributed by atoms with Crippen molar-refractivity contribution in [2.75, 3.05) is 6.61 Å². The molecule has 0 aromatic carbocycles. The Balaban J connectivity index is 2.00. The van der Waals surface area contributed by atoms with Crippen LogP contribution in [0.1, 0.15) is 39.5 Å². The van der Waals surface area contributed by atoms with Gasteiger partial charge in [-0.1, -0.05) is 12.8 Å². The number of rotatable bonds is 5. The van der Waals surface area contributed by atoms with Gasteiger partial charge in [0.2, 0.25) is 0 Å². The van der Waals surface area contributed by atoms with Crippen molar-refractivity contribution in [1.82, 2.24) is 4.98 Å². The van der Waals surface area contributed by atoms with Gasteiger partial charge in [-0.3, -0.25) is 0 Å². The molecule has 0 amide bonds. The molecule has 0 radical (unpaired) electrons. The highest BCUT2D eigenvalue weighted by molar-refractivity contribution is 5.32. The van der Waals surface area contributed by atoms with E-state index in [1.54, 1.807) is 6.20 Å². The van der Waals surface area contributed by atoms with E-state index in [1.165, 1.54) is 12.8 Å². The number of nitrogens with zero attached hydrogens (tertiary/aromatic N) is 1. The highest BCUT2D eigenvalue weighted by Crippen LogP contribution is 2.30. The first-order valence-electron chi connectivity index (χ1n) is 6.62. The Morgan fingerprint density at radius 2 is 2.11 bits per heavy atom. The molecule has 2 N–H and O–H groups in total. The molecule has 100 valence electrons. The van der Waals surface area contributed by atoms with Crippen LogP contribution in [0.2, 0.25) is 0 Å². The molecule has 2 rings (SSSR count). The molecule has 1 aliphatic rings. The quantitative estimate of drug-likeness (QED) is 0.872. The van der Waals surface area contributed by atoms with Gasteiger partial charge >= 0.3 is 0 Å². The lowest BCUT2D eigenvalue weighted by Gasteiger charge is -2.24. The average Bonchev–Trinajstić information content (AvgIpc) is 2.75. The van der Waals surface area contributed by atoms with Crippen LogP contribution < -0.4 is 15.2 Å². The molecule has 0 atom stereocenters. The van der Waals surface area contributed by atoms with E-state index < -0.39 is 0 Å². The number of aromatic nitrogens is 1. The Morgan fingerprint density at radius 3 is 2.78 bits per heavy atom. The van der Waals surface area contributed by atoms with Crippen molar-refractivity contribution in [2.24, 2.45) is 5.73 Å². The number of nitrogens with two attached hydrogens (primary N) is 1. The number of hydrogen-bond donors (Lipinski definition) is 1. The fourth-order valence-corrected chi connectivity index (χ4v) is 2.26. The van der Waals surface area contributed by atoms with Crippen LogP contribution in [0.15, 0.2) is 18.3 Å². The fourth-order valence-electron chi connectivity index (χ4n) is 2.26. The molecule has 0 saturated heterocycles.